The third kappa shape index (κ3) is 4.68. The molecule has 2 amide bonds. The minimum Gasteiger partial charge on any atom is -0.396 e. The van der Waals surface area contributed by atoms with Gasteiger partial charge in [0.1, 0.15) is 5.82 Å². The first-order valence-electron chi connectivity index (χ1n) is 7.23. The number of halogens is 1. The van der Waals surface area contributed by atoms with Crippen LogP contribution in [0.15, 0.2) is 24.3 Å². The number of amides is 2. The molecule has 116 valence electrons. The molecule has 2 rings (SSSR count). The van der Waals surface area contributed by atoms with E-state index in [1.807, 2.05) is 0 Å². The summed E-state index contributed by atoms with van der Waals surface area (Å²) in [6, 6.07) is 5.46. The van der Waals surface area contributed by atoms with E-state index >= 15 is 0 Å². The zero-order chi connectivity index (χ0) is 15.1. The molecule has 6 heteroatoms. The molecule has 0 spiro atoms. The number of hydrogen-bond acceptors (Lipinski definition) is 3. The van der Waals surface area contributed by atoms with Gasteiger partial charge in [-0.2, -0.15) is 0 Å². The Bertz CT molecular complexity index is 447. The van der Waals surface area contributed by atoms with Crippen molar-refractivity contribution in [1.29, 1.82) is 0 Å². The predicted molar refractivity (Wildman–Crippen MR) is 76.4 cm³/mol. The summed E-state index contributed by atoms with van der Waals surface area (Å²) < 4.78 is 18.7. The molecule has 0 aliphatic carbocycles. The van der Waals surface area contributed by atoms with Gasteiger partial charge in [0, 0.05) is 19.8 Å². The lowest BCUT2D eigenvalue weighted by Gasteiger charge is -2.25. The number of carbonyl (C=O) groups is 1. The first kappa shape index (κ1) is 15.7. The minimum absolute atomic E-state index is 0.0351. The Morgan fingerprint density at radius 1 is 1.43 bits per heavy atom. The number of ether oxygens (including phenoxy) is 1. The smallest absolute Gasteiger partial charge is 0.315 e. The van der Waals surface area contributed by atoms with E-state index in [4.69, 9.17) is 9.84 Å². The van der Waals surface area contributed by atoms with E-state index in [1.165, 1.54) is 12.1 Å². The molecule has 1 aromatic carbocycles. The molecule has 1 heterocycles. The van der Waals surface area contributed by atoms with Crippen LogP contribution < -0.4 is 10.6 Å². The summed E-state index contributed by atoms with van der Waals surface area (Å²) in [6.45, 7) is 1.12. The summed E-state index contributed by atoms with van der Waals surface area (Å²) in [5.41, 5.74) is 0.820. The van der Waals surface area contributed by atoms with Gasteiger partial charge in [-0.3, -0.25) is 0 Å². The van der Waals surface area contributed by atoms with Gasteiger partial charge in [0.25, 0.3) is 0 Å². The minimum atomic E-state index is -0.312. The second-order valence-corrected chi connectivity index (χ2v) is 5.06. The normalized spacial score (nSPS) is 19.2. The summed E-state index contributed by atoms with van der Waals surface area (Å²) >= 11 is 0. The maximum absolute atomic E-state index is 13.0. The van der Waals surface area contributed by atoms with E-state index < -0.39 is 0 Å². The summed E-state index contributed by atoms with van der Waals surface area (Å²) in [6.07, 6.45) is 2.23. The Kier molecular flexibility index (Phi) is 5.95. The fourth-order valence-corrected chi connectivity index (χ4v) is 2.40. The van der Waals surface area contributed by atoms with Gasteiger partial charge in [0.15, 0.2) is 0 Å². The fraction of sp³-hybridized carbons (Fsp3) is 0.533. The number of aliphatic hydroxyl groups excluding tert-OH is 1. The summed E-state index contributed by atoms with van der Waals surface area (Å²) in [4.78, 5) is 11.9. The van der Waals surface area contributed by atoms with E-state index in [2.05, 4.69) is 10.6 Å². The molecule has 2 unspecified atom stereocenters. The van der Waals surface area contributed by atoms with Crippen LogP contribution in [0.5, 0.6) is 0 Å². The Labute approximate surface area is 123 Å². The van der Waals surface area contributed by atoms with Crippen molar-refractivity contribution in [3.05, 3.63) is 35.6 Å². The van der Waals surface area contributed by atoms with E-state index in [0.29, 0.717) is 19.6 Å². The third-order valence-corrected chi connectivity index (χ3v) is 3.47. The molecule has 21 heavy (non-hydrogen) atoms. The van der Waals surface area contributed by atoms with E-state index in [1.54, 1.807) is 12.1 Å². The second kappa shape index (κ2) is 7.95. The second-order valence-electron chi connectivity index (χ2n) is 5.06. The molecular formula is C15H21FN2O3. The fourth-order valence-electron chi connectivity index (χ4n) is 2.40. The Hall–Kier alpha value is -1.66. The van der Waals surface area contributed by atoms with Crippen LogP contribution in [0.25, 0.3) is 0 Å². The van der Waals surface area contributed by atoms with Gasteiger partial charge in [-0.15, -0.1) is 0 Å². The van der Waals surface area contributed by atoms with Gasteiger partial charge in [-0.1, -0.05) is 12.1 Å². The van der Waals surface area contributed by atoms with Crippen LogP contribution in [-0.2, 0) is 4.74 Å². The molecule has 0 saturated carbocycles. The van der Waals surface area contributed by atoms with Gasteiger partial charge >= 0.3 is 6.03 Å². The van der Waals surface area contributed by atoms with Crippen LogP contribution in [0.1, 0.15) is 30.9 Å². The first-order chi connectivity index (χ1) is 10.2. The molecule has 5 nitrogen and oxygen atoms in total. The van der Waals surface area contributed by atoms with Gasteiger partial charge in [0.2, 0.25) is 0 Å². The average molecular weight is 296 g/mol. The van der Waals surface area contributed by atoms with Crippen molar-refractivity contribution in [2.45, 2.75) is 31.4 Å². The van der Waals surface area contributed by atoms with Crippen molar-refractivity contribution in [1.82, 2.24) is 10.6 Å². The number of benzene rings is 1. The van der Waals surface area contributed by atoms with Gasteiger partial charge < -0.3 is 20.5 Å². The maximum atomic E-state index is 13.0. The van der Waals surface area contributed by atoms with Gasteiger partial charge in [-0.05, 0) is 37.0 Å². The molecule has 1 aliphatic heterocycles. The largest absolute Gasteiger partial charge is 0.396 e. The number of hydrogen-bond donors (Lipinski definition) is 3. The predicted octanol–water partition coefficient (Wildman–Crippen LogP) is 1.73. The zero-order valence-electron chi connectivity index (χ0n) is 11.8. The Morgan fingerprint density at radius 2 is 2.19 bits per heavy atom. The number of carbonyl (C=O) groups excluding carboxylic acids is 1. The van der Waals surface area contributed by atoms with Crippen LogP contribution in [0.2, 0.25) is 0 Å². The third-order valence-electron chi connectivity index (χ3n) is 3.47. The molecule has 0 aromatic heterocycles. The van der Waals surface area contributed by atoms with Crippen molar-refractivity contribution in [2.75, 3.05) is 19.8 Å². The summed E-state index contributed by atoms with van der Waals surface area (Å²) in [7, 11) is 0. The van der Waals surface area contributed by atoms with Gasteiger partial charge in [0.05, 0.1) is 12.1 Å². The topological polar surface area (TPSA) is 70.6 Å². The SMILES string of the molecule is O=C(NCCCO)NC(c1ccc(F)cc1)C1CCCO1. The quantitative estimate of drug-likeness (QED) is 0.700. The van der Waals surface area contributed by atoms with Crippen molar-refractivity contribution < 1.29 is 19.0 Å². The molecule has 1 saturated heterocycles. The summed E-state index contributed by atoms with van der Waals surface area (Å²) in [5.74, 6) is -0.308. The monoisotopic (exact) mass is 296 g/mol. The van der Waals surface area contributed by atoms with Crippen LogP contribution >= 0.6 is 0 Å². The molecule has 1 fully saturated rings. The number of rotatable bonds is 6. The van der Waals surface area contributed by atoms with E-state index in [9.17, 15) is 9.18 Å². The molecule has 0 radical (unpaired) electrons. The standard InChI is InChI=1S/C15H21FN2O3/c16-12-6-4-11(5-7-12)14(13-3-1-10-21-13)18-15(20)17-8-2-9-19/h4-7,13-14,19H,1-3,8-10H2,(H2,17,18,20). The molecule has 1 aromatic rings. The number of nitrogens with one attached hydrogen (secondary N) is 2. The number of urea groups is 1. The van der Waals surface area contributed by atoms with Gasteiger partial charge in [-0.25, -0.2) is 9.18 Å². The lowest BCUT2D eigenvalue weighted by molar-refractivity contribution is 0.0807. The highest BCUT2D eigenvalue weighted by atomic mass is 19.1. The van der Waals surface area contributed by atoms with Crippen LogP contribution in [0.3, 0.4) is 0 Å². The summed E-state index contributed by atoms with van der Waals surface area (Å²) in [5, 5.41) is 14.3. The molecule has 3 N–H and O–H groups in total. The zero-order valence-corrected chi connectivity index (χ0v) is 11.8. The highest BCUT2D eigenvalue weighted by Gasteiger charge is 2.28. The Morgan fingerprint density at radius 3 is 2.81 bits per heavy atom. The number of aliphatic hydroxyl groups is 1. The highest BCUT2D eigenvalue weighted by molar-refractivity contribution is 5.74. The van der Waals surface area contributed by atoms with Crippen molar-refractivity contribution in [3.63, 3.8) is 0 Å². The lowest BCUT2D eigenvalue weighted by atomic mass is 9.99. The molecule has 2 atom stereocenters. The van der Waals surface area contributed by atoms with Crippen LogP contribution in [0, 0.1) is 5.82 Å². The maximum Gasteiger partial charge on any atom is 0.315 e. The molecular weight excluding hydrogens is 275 g/mol. The van der Waals surface area contributed by atoms with Crippen LogP contribution in [-0.4, -0.2) is 37.0 Å². The Balaban J connectivity index is 2.01. The van der Waals surface area contributed by atoms with Crippen molar-refractivity contribution in [3.8, 4) is 0 Å². The average Bonchev–Trinajstić information content (AvgIpc) is 3.00. The van der Waals surface area contributed by atoms with Crippen LogP contribution in [0.4, 0.5) is 9.18 Å². The highest BCUT2D eigenvalue weighted by Crippen LogP contribution is 2.27. The first-order valence-corrected chi connectivity index (χ1v) is 7.23. The van der Waals surface area contributed by atoms with Crippen molar-refractivity contribution >= 4 is 6.03 Å². The van der Waals surface area contributed by atoms with E-state index in [0.717, 1.165) is 18.4 Å². The molecule has 0 bridgehead atoms. The molecule has 1 aliphatic rings. The van der Waals surface area contributed by atoms with Crippen molar-refractivity contribution in [2.24, 2.45) is 0 Å². The van der Waals surface area contributed by atoms with E-state index in [-0.39, 0.29) is 30.6 Å². The lowest BCUT2D eigenvalue weighted by Crippen LogP contribution is -2.42.